The van der Waals surface area contributed by atoms with Gasteiger partial charge < -0.3 is 10.1 Å². The molecule has 3 rings (SSSR count). The third-order valence-electron chi connectivity index (χ3n) is 5.25. The smallest absolute Gasteiger partial charge is 0.0729 e. The van der Waals surface area contributed by atoms with Crippen molar-refractivity contribution in [2.45, 2.75) is 82.4 Å². The van der Waals surface area contributed by atoms with Crippen molar-refractivity contribution in [3.05, 3.63) is 0 Å². The number of ether oxygens (including phenoxy) is 1. The molecule has 1 spiro atoms. The van der Waals surface area contributed by atoms with Crippen LogP contribution in [0.4, 0.5) is 0 Å². The molecule has 0 bridgehead atoms. The molecule has 2 nitrogen and oxygen atoms in total. The maximum Gasteiger partial charge on any atom is 0.0729 e. The Morgan fingerprint density at radius 2 is 1.76 bits per heavy atom. The summed E-state index contributed by atoms with van der Waals surface area (Å²) in [5.74, 6) is 0.925. The summed E-state index contributed by atoms with van der Waals surface area (Å²) in [6.45, 7) is 3.37. The summed E-state index contributed by atoms with van der Waals surface area (Å²) >= 11 is 0. The normalized spacial score (nSPS) is 47.5. The average molecular weight is 237 g/mol. The molecule has 3 aliphatic rings. The number of rotatable bonds is 0. The lowest BCUT2D eigenvalue weighted by Gasteiger charge is -2.48. The van der Waals surface area contributed by atoms with Gasteiger partial charge in [0, 0.05) is 11.6 Å². The van der Waals surface area contributed by atoms with Crippen LogP contribution >= 0.6 is 0 Å². The van der Waals surface area contributed by atoms with E-state index in [1.54, 1.807) is 0 Å². The third kappa shape index (κ3) is 2.53. The minimum absolute atomic E-state index is 0.345. The molecular formula is C15H27NO. The Labute approximate surface area is 105 Å². The fraction of sp³-hybridized carbons (Fsp3) is 1.00. The number of hydrogen-bond donors (Lipinski definition) is 1. The lowest BCUT2D eigenvalue weighted by molar-refractivity contribution is -0.0785. The molecule has 3 fully saturated rings. The van der Waals surface area contributed by atoms with Crippen LogP contribution in [0.1, 0.15) is 64.7 Å². The summed E-state index contributed by atoms with van der Waals surface area (Å²) in [6, 6.07) is 0.652. The molecule has 0 aromatic heterocycles. The van der Waals surface area contributed by atoms with Gasteiger partial charge in [-0.2, -0.15) is 0 Å². The van der Waals surface area contributed by atoms with Crippen LogP contribution in [0.5, 0.6) is 0 Å². The van der Waals surface area contributed by atoms with Crippen LogP contribution in [0.3, 0.4) is 0 Å². The third-order valence-corrected chi connectivity index (χ3v) is 5.25. The van der Waals surface area contributed by atoms with Crippen LogP contribution < -0.4 is 5.32 Å². The molecular weight excluding hydrogens is 210 g/mol. The van der Waals surface area contributed by atoms with Gasteiger partial charge in [-0.1, -0.05) is 26.2 Å². The van der Waals surface area contributed by atoms with Crippen molar-refractivity contribution >= 4 is 0 Å². The van der Waals surface area contributed by atoms with Crippen molar-refractivity contribution in [1.29, 1.82) is 0 Å². The summed E-state index contributed by atoms with van der Waals surface area (Å²) in [5, 5.41) is 4.01. The molecule has 0 aromatic rings. The van der Waals surface area contributed by atoms with Gasteiger partial charge in [0.05, 0.1) is 12.7 Å². The van der Waals surface area contributed by atoms with E-state index in [0.717, 1.165) is 12.5 Å². The Morgan fingerprint density at radius 3 is 2.59 bits per heavy atom. The second-order valence-corrected chi connectivity index (χ2v) is 6.70. The van der Waals surface area contributed by atoms with Gasteiger partial charge >= 0.3 is 0 Å². The predicted molar refractivity (Wildman–Crippen MR) is 70.1 cm³/mol. The van der Waals surface area contributed by atoms with Crippen molar-refractivity contribution in [2.75, 3.05) is 6.61 Å². The van der Waals surface area contributed by atoms with Crippen LogP contribution in [0.2, 0.25) is 0 Å². The number of hydrogen-bond acceptors (Lipinski definition) is 2. The Hall–Kier alpha value is -0.0800. The lowest BCUT2D eigenvalue weighted by Crippen LogP contribution is -2.63. The molecule has 1 heterocycles. The van der Waals surface area contributed by atoms with E-state index in [-0.39, 0.29) is 0 Å². The van der Waals surface area contributed by atoms with E-state index >= 15 is 0 Å². The highest BCUT2D eigenvalue weighted by molar-refractivity contribution is 5.00. The van der Waals surface area contributed by atoms with E-state index in [4.69, 9.17) is 4.74 Å². The van der Waals surface area contributed by atoms with Gasteiger partial charge in [-0.15, -0.1) is 0 Å². The Bertz CT molecular complexity index is 258. The molecule has 1 aliphatic heterocycles. The van der Waals surface area contributed by atoms with Crippen molar-refractivity contribution in [2.24, 2.45) is 5.92 Å². The molecule has 2 aliphatic carbocycles. The highest BCUT2D eigenvalue weighted by Gasteiger charge is 2.42. The minimum Gasteiger partial charge on any atom is -0.375 e. The monoisotopic (exact) mass is 237 g/mol. The molecule has 1 N–H and O–H groups in total. The minimum atomic E-state index is 0.345. The first-order valence-corrected chi connectivity index (χ1v) is 7.67. The van der Waals surface area contributed by atoms with Crippen LogP contribution in [0.15, 0.2) is 0 Å². The van der Waals surface area contributed by atoms with Crippen molar-refractivity contribution in [1.82, 2.24) is 5.32 Å². The molecule has 2 saturated carbocycles. The molecule has 17 heavy (non-hydrogen) atoms. The second-order valence-electron chi connectivity index (χ2n) is 6.70. The molecule has 0 aromatic carbocycles. The zero-order chi connectivity index (χ0) is 11.7. The highest BCUT2D eigenvalue weighted by atomic mass is 16.5. The van der Waals surface area contributed by atoms with Crippen LogP contribution in [-0.2, 0) is 4.74 Å². The first kappa shape index (κ1) is 12.0. The van der Waals surface area contributed by atoms with Gasteiger partial charge in [0.25, 0.3) is 0 Å². The zero-order valence-corrected chi connectivity index (χ0v) is 11.2. The summed E-state index contributed by atoms with van der Waals surface area (Å²) in [5.41, 5.74) is 0.345. The van der Waals surface area contributed by atoms with E-state index in [0.29, 0.717) is 17.7 Å². The van der Waals surface area contributed by atoms with E-state index in [1.165, 1.54) is 57.8 Å². The molecule has 2 heteroatoms. The Morgan fingerprint density at radius 1 is 1.00 bits per heavy atom. The second kappa shape index (κ2) is 4.89. The summed E-state index contributed by atoms with van der Waals surface area (Å²) in [4.78, 5) is 0. The van der Waals surface area contributed by atoms with Crippen molar-refractivity contribution in [3.63, 3.8) is 0 Å². The van der Waals surface area contributed by atoms with Gasteiger partial charge in [0.1, 0.15) is 0 Å². The molecule has 98 valence electrons. The van der Waals surface area contributed by atoms with Crippen LogP contribution in [0, 0.1) is 5.92 Å². The van der Waals surface area contributed by atoms with Gasteiger partial charge in [-0.05, 0) is 44.4 Å². The quantitative estimate of drug-likeness (QED) is 0.698. The maximum atomic E-state index is 6.23. The Kier molecular flexibility index (Phi) is 3.45. The first-order chi connectivity index (χ1) is 8.27. The zero-order valence-electron chi connectivity index (χ0n) is 11.2. The number of nitrogens with one attached hydrogen (secondary N) is 1. The van der Waals surface area contributed by atoms with E-state index in [9.17, 15) is 0 Å². The highest BCUT2D eigenvalue weighted by Crippen LogP contribution is 2.37. The Balaban J connectivity index is 1.65. The van der Waals surface area contributed by atoms with Gasteiger partial charge in [-0.3, -0.25) is 0 Å². The molecule has 2 unspecified atom stereocenters. The van der Waals surface area contributed by atoms with Gasteiger partial charge in [0.15, 0.2) is 0 Å². The topological polar surface area (TPSA) is 21.3 Å². The standard InChI is InChI=1S/C15H27NO/c1-12-7-9-15(10-8-12)11-17-14-6-4-2-3-5-13(14)16-15/h12-14,16H,2-11H2,1H3. The van der Waals surface area contributed by atoms with Crippen LogP contribution in [0.25, 0.3) is 0 Å². The summed E-state index contributed by atoms with van der Waals surface area (Å²) in [7, 11) is 0. The molecule has 0 amide bonds. The van der Waals surface area contributed by atoms with E-state index in [2.05, 4.69) is 12.2 Å². The molecule has 2 atom stereocenters. The fourth-order valence-electron chi connectivity index (χ4n) is 3.94. The first-order valence-electron chi connectivity index (χ1n) is 7.67. The number of fused-ring (bicyclic) bond motifs is 1. The maximum absolute atomic E-state index is 6.23. The van der Waals surface area contributed by atoms with E-state index in [1.807, 2.05) is 0 Å². The SMILES string of the molecule is CC1CCC2(CC1)COC1CCCCCC1N2. The lowest BCUT2D eigenvalue weighted by atomic mass is 9.76. The summed E-state index contributed by atoms with van der Waals surface area (Å²) in [6.07, 6.45) is 12.7. The molecule has 1 saturated heterocycles. The number of morpholine rings is 1. The van der Waals surface area contributed by atoms with Gasteiger partial charge in [0.2, 0.25) is 0 Å². The predicted octanol–water partition coefficient (Wildman–Crippen LogP) is 3.26. The summed E-state index contributed by atoms with van der Waals surface area (Å²) < 4.78 is 6.23. The van der Waals surface area contributed by atoms with Crippen molar-refractivity contribution in [3.8, 4) is 0 Å². The van der Waals surface area contributed by atoms with Gasteiger partial charge in [-0.25, -0.2) is 0 Å². The average Bonchev–Trinajstić information content (AvgIpc) is 2.58. The van der Waals surface area contributed by atoms with E-state index < -0.39 is 0 Å². The fourth-order valence-corrected chi connectivity index (χ4v) is 3.94. The largest absolute Gasteiger partial charge is 0.375 e. The van der Waals surface area contributed by atoms with Crippen molar-refractivity contribution < 1.29 is 4.74 Å². The van der Waals surface area contributed by atoms with Crippen LogP contribution in [-0.4, -0.2) is 24.3 Å². The molecule has 0 radical (unpaired) electrons.